The van der Waals surface area contributed by atoms with Gasteiger partial charge in [0.15, 0.2) is 5.57 Å². The van der Waals surface area contributed by atoms with Crippen LogP contribution < -0.4 is 10.1 Å². The van der Waals surface area contributed by atoms with E-state index in [0.29, 0.717) is 11.4 Å². The lowest BCUT2D eigenvalue weighted by Crippen LogP contribution is -2.42. The summed E-state index contributed by atoms with van der Waals surface area (Å²) in [6.07, 6.45) is 7.21. The molecule has 1 aromatic carbocycles. The van der Waals surface area contributed by atoms with Gasteiger partial charge in [-0.3, -0.25) is 0 Å². The van der Waals surface area contributed by atoms with E-state index in [1.165, 1.54) is 39.3 Å². The minimum absolute atomic E-state index is 0.174. The van der Waals surface area contributed by atoms with E-state index in [9.17, 15) is 9.59 Å². The molecule has 0 amide bonds. The quantitative estimate of drug-likeness (QED) is 0.511. The predicted molar refractivity (Wildman–Crippen MR) is 91.9 cm³/mol. The number of cyclic esters (lactones) is 2. The Bertz CT molecular complexity index is 667. The van der Waals surface area contributed by atoms with Gasteiger partial charge in [0.25, 0.3) is 5.79 Å². The average Bonchev–Trinajstić information content (AvgIpc) is 2.55. The molecule has 2 aliphatic rings. The number of benzene rings is 1. The minimum Gasteiger partial charge on any atom is -0.488 e. The van der Waals surface area contributed by atoms with Gasteiger partial charge in [0.05, 0.1) is 11.8 Å². The monoisotopic (exact) mass is 345 g/mol. The molecule has 25 heavy (non-hydrogen) atoms. The van der Waals surface area contributed by atoms with Crippen LogP contribution in [-0.2, 0) is 19.1 Å². The third-order valence-corrected chi connectivity index (χ3v) is 4.22. The van der Waals surface area contributed by atoms with Crippen LogP contribution in [0.2, 0.25) is 0 Å². The molecule has 1 aliphatic carbocycles. The third kappa shape index (κ3) is 4.32. The Kier molecular flexibility index (Phi) is 4.97. The summed E-state index contributed by atoms with van der Waals surface area (Å²) in [4.78, 5) is 24.0. The van der Waals surface area contributed by atoms with Crippen LogP contribution in [0.15, 0.2) is 36.0 Å². The molecule has 0 radical (unpaired) electrons. The van der Waals surface area contributed by atoms with Crippen molar-refractivity contribution >= 4 is 17.6 Å². The van der Waals surface area contributed by atoms with Gasteiger partial charge in [-0.15, -0.1) is 0 Å². The van der Waals surface area contributed by atoms with Crippen molar-refractivity contribution in [1.82, 2.24) is 0 Å². The molecule has 0 aromatic heterocycles. The first-order valence-corrected chi connectivity index (χ1v) is 8.64. The number of carbonyl (C=O) groups is 2. The average molecular weight is 345 g/mol. The van der Waals surface area contributed by atoms with Crippen molar-refractivity contribution in [1.29, 1.82) is 0 Å². The van der Waals surface area contributed by atoms with E-state index in [4.69, 9.17) is 14.2 Å². The number of nitrogens with one attached hydrogen (secondary N) is 1. The highest BCUT2D eigenvalue weighted by Crippen LogP contribution is 2.30. The number of carbonyl (C=O) groups excluding carboxylic acids is 2. The fraction of sp³-hybridized carbons (Fsp3) is 0.474. The molecule has 1 aromatic rings. The minimum atomic E-state index is -1.24. The summed E-state index contributed by atoms with van der Waals surface area (Å²) in [5.74, 6) is -1.96. The second kappa shape index (κ2) is 7.17. The van der Waals surface area contributed by atoms with Crippen molar-refractivity contribution in [2.24, 2.45) is 0 Å². The number of anilines is 1. The van der Waals surface area contributed by atoms with E-state index in [0.717, 1.165) is 12.8 Å². The smallest absolute Gasteiger partial charge is 0.350 e. The van der Waals surface area contributed by atoms with Crippen LogP contribution in [0.5, 0.6) is 5.75 Å². The molecule has 0 bridgehead atoms. The van der Waals surface area contributed by atoms with Gasteiger partial charge in [-0.25, -0.2) is 9.59 Å². The van der Waals surface area contributed by atoms with Crippen LogP contribution in [0, 0.1) is 0 Å². The van der Waals surface area contributed by atoms with Crippen LogP contribution in [0.3, 0.4) is 0 Å². The predicted octanol–water partition coefficient (Wildman–Crippen LogP) is 3.53. The molecule has 1 N–H and O–H groups in total. The second-order valence-corrected chi connectivity index (χ2v) is 6.76. The summed E-state index contributed by atoms with van der Waals surface area (Å²) in [6, 6.07) is 7.45. The first-order valence-electron chi connectivity index (χ1n) is 8.64. The Morgan fingerprint density at radius 1 is 1.08 bits per heavy atom. The number of rotatable bonds is 4. The molecule has 1 saturated carbocycles. The van der Waals surface area contributed by atoms with Crippen LogP contribution in [0.25, 0.3) is 0 Å². The van der Waals surface area contributed by atoms with E-state index >= 15 is 0 Å². The molecule has 134 valence electrons. The molecular weight excluding hydrogens is 322 g/mol. The van der Waals surface area contributed by atoms with E-state index in [1.807, 2.05) is 24.3 Å². The standard InChI is InChI=1S/C19H23NO5/c1-19(2)24-17(21)14(18(22)25-19)12-20-15-10-6-7-11-16(15)23-13-8-4-3-5-9-13/h6-7,10-13,20H,3-5,8-9H2,1-2H3. The molecule has 0 spiro atoms. The summed E-state index contributed by atoms with van der Waals surface area (Å²) in [5.41, 5.74) is 0.512. The van der Waals surface area contributed by atoms with Gasteiger partial charge < -0.3 is 19.5 Å². The highest BCUT2D eigenvalue weighted by Gasteiger charge is 2.39. The van der Waals surface area contributed by atoms with Gasteiger partial charge in [-0.1, -0.05) is 18.6 Å². The molecule has 1 heterocycles. The molecule has 0 atom stereocenters. The lowest BCUT2D eigenvalue weighted by Gasteiger charge is -2.29. The fourth-order valence-corrected chi connectivity index (χ4v) is 2.98. The number of para-hydroxylation sites is 2. The number of hydrogen-bond donors (Lipinski definition) is 1. The maximum absolute atomic E-state index is 12.0. The highest BCUT2D eigenvalue weighted by atomic mass is 16.7. The second-order valence-electron chi connectivity index (χ2n) is 6.76. The van der Waals surface area contributed by atoms with Gasteiger partial charge in [0.1, 0.15) is 5.75 Å². The molecule has 2 fully saturated rings. The van der Waals surface area contributed by atoms with Crippen molar-refractivity contribution < 1.29 is 23.8 Å². The maximum atomic E-state index is 12.0. The fourth-order valence-electron chi connectivity index (χ4n) is 2.98. The zero-order valence-corrected chi connectivity index (χ0v) is 14.5. The lowest BCUT2D eigenvalue weighted by molar-refractivity contribution is -0.222. The topological polar surface area (TPSA) is 73.9 Å². The van der Waals surface area contributed by atoms with Crippen molar-refractivity contribution in [3.8, 4) is 5.75 Å². The summed E-state index contributed by atoms with van der Waals surface area (Å²) >= 11 is 0. The van der Waals surface area contributed by atoms with Gasteiger partial charge >= 0.3 is 11.9 Å². The lowest BCUT2D eigenvalue weighted by atomic mass is 9.98. The summed E-state index contributed by atoms with van der Waals surface area (Å²) in [5, 5.41) is 2.97. The molecule has 6 heteroatoms. The van der Waals surface area contributed by atoms with Gasteiger partial charge in [-0.2, -0.15) is 0 Å². The van der Waals surface area contributed by atoms with Crippen molar-refractivity contribution in [3.05, 3.63) is 36.0 Å². The van der Waals surface area contributed by atoms with E-state index in [-0.39, 0.29) is 11.7 Å². The zero-order chi connectivity index (χ0) is 17.9. The van der Waals surface area contributed by atoms with Gasteiger partial charge in [-0.05, 0) is 37.8 Å². The first kappa shape index (κ1) is 17.3. The Balaban J connectivity index is 1.72. The number of hydrogen-bond acceptors (Lipinski definition) is 6. The van der Waals surface area contributed by atoms with Gasteiger partial charge in [0.2, 0.25) is 0 Å². The van der Waals surface area contributed by atoms with Crippen molar-refractivity contribution in [3.63, 3.8) is 0 Å². The molecular formula is C19H23NO5. The van der Waals surface area contributed by atoms with E-state index in [2.05, 4.69) is 5.32 Å². The van der Waals surface area contributed by atoms with E-state index in [1.54, 1.807) is 0 Å². The molecule has 3 rings (SSSR count). The summed E-state index contributed by atoms with van der Waals surface area (Å²) in [7, 11) is 0. The van der Waals surface area contributed by atoms with Crippen LogP contribution in [-0.4, -0.2) is 23.8 Å². The van der Waals surface area contributed by atoms with Crippen molar-refractivity contribution in [2.45, 2.75) is 57.8 Å². The third-order valence-electron chi connectivity index (χ3n) is 4.22. The Hall–Kier alpha value is -2.50. The van der Waals surface area contributed by atoms with Crippen molar-refractivity contribution in [2.75, 3.05) is 5.32 Å². The zero-order valence-electron chi connectivity index (χ0n) is 14.5. The molecule has 0 unspecified atom stereocenters. The van der Waals surface area contributed by atoms with Gasteiger partial charge in [0, 0.05) is 20.0 Å². The van der Waals surface area contributed by atoms with Crippen LogP contribution in [0.1, 0.15) is 46.0 Å². The van der Waals surface area contributed by atoms with E-state index < -0.39 is 17.7 Å². The molecule has 1 aliphatic heterocycles. The molecule has 1 saturated heterocycles. The Labute approximate surface area is 147 Å². The SMILES string of the molecule is CC1(C)OC(=O)C(=CNc2ccccc2OC2CCCCC2)C(=O)O1. The van der Waals surface area contributed by atoms with Crippen LogP contribution >= 0.6 is 0 Å². The normalized spacial score (nSPS) is 20.5. The Morgan fingerprint density at radius 2 is 1.72 bits per heavy atom. The maximum Gasteiger partial charge on any atom is 0.350 e. The summed E-state index contributed by atoms with van der Waals surface area (Å²) < 4.78 is 16.2. The molecule has 6 nitrogen and oxygen atoms in total. The number of ether oxygens (including phenoxy) is 3. The first-order chi connectivity index (χ1) is 11.9. The Morgan fingerprint density at radius 3 is 2.40 bits per heavy atom. The highest BCUT2D eigenvalue weighted by molar-refractivity contribution is 6.15. The number of esters is 2. The largest absolute Gasteiger partial charge is 0.488 e. The summed E-state index contributed by atoms with van der Waals surface area (Å²) in [6.45, 7) is 3.03. The van der Waals surface area contributed by atoms with Crippen LogP contribution in [0.4, 0.5) is 5.69 Å².